The number of hydrogen-bond donors (Lipinski definition) is 2. The molecule has 0 aliphatic carbocycles. The minimum atomic E-state index is 0.276. The molecule has 1 unspecified atom stereocenters. The van der Waals surface area contributed by atoms with Gasteiger partial charge in [-0.3, -0.25) is 0 Å². The lowest BCUT2D eigenvalue weighted by Crippen LogP contribution is -2.30. The summed E-state index contributed by atoms with van der Waals surface area (Å²) in [6.45, 7) is 5.00. The largest absolute Gasteiger partial charge is 0.389 e. The van der Waals surface area contributed by atoms with Crippen LogP contribution in [0.3, 0.4) is 0 Å². The van der Waals surface area contributed by atoms with Crippen LogP contribution < -0.4 is 11.1 Å². The Bertz CT molecular complexity index is 423. The van der Waals surface area contributed by atoms with Gasteiger partial charge in [0.2, 0.25) is 0 Å². The van der Waals surface area contributed by atoms with E-state index < -0.39 is 0 Å². The van der Waals surface area contributed by atoms with Crippen molar-refractivity contribution in [3.63, 3.8) is 0 Å². The summed E-state index contributed by atoms with van der Waals surface area (Å²) in [4.78, 5) is 0.394. The van der Waals surface area contributed by atoms with Crippen molar-refractivity contribution in [2.45, 2.75) is 19.9 Å². The molecule has 0 saturated carbocycles. The van der Waals surface area contributed by atoms with E-state index in [0.717, 1.165) is 15.7 Å². The normalized spacial score (nSPS) is 12.5. The van der Waals surface area contributed by atoms with E-state index in [9.17, 15) is 0 Å². The number of halogens is 1. The molecule has 18 heavy (non-hydrogen) atoms. The number of nitrogens with two attached hydrogens (primary N) is 1. The lowest BCUT2D eigenvalue weighted by atomic mass is 10.0. The number of thiocarbonyl (C=S) groups is 1. The molecular weight excluding hydrogens is 312 g/mol. The maximum Gasteiger partial charge on any atom is 0.105 e. The van der Waals surface area contributed by atoms with Gasteiger partial charge in [0, 0.05) is 22.8 Å². The van der Waals surface area contributed by atoms with Gasteiger partial charge >= 0.3 is 0 Å². The van der Waals surface area contributed by atoms with Gasteiger partial charge in [-0.25, -0.2) is 0 Å². The monoisotopic (exact) mass is 330 g/mol. The molecule has 3 nitrogen and oxygen atoms in total. The highest BCUT2D eigenvalue weighted by Gasteiger charge is 2.13. The van der Waals surface area contributed by atoms with Crippen LogP contribution in [-0.4, -0.2) is 24.7 Å². The highest BCUT2D eigenvalue weighted by molar-refractivity contribution is 9.10. The number of anilines is 1. The Hall–Kier alpha value is -0.650. The van der Waals surface area contributed by atoms with Crippen LogP contribution >= 0.6 is 28.1 Å². The number of rotatable bonds is 6. The van der Waals surface area contributed by atoms with E-state index in [0.29, 0.717) is 17.5 Å². The molecule has 0 bridgehead atoms. The van der Waals surface area contributed by atoms with Gasteiger partial charge in [0.15, 0.2) is 0 Å². The number of ether oxygens (including phenoxy) is 1. The van der Waals surface area contributed by atoms with Gasteiger partial charge in [-0.15, -0.1) is 0 Å². The lowest BCUT2D eigenvalue weighted by molar-refractivity contribution is 0.171. The van der Waals surface area contributed by atoms with E-state index in [1.165, 1.54) is 0 Å². The number of nitrogens with one attached hydrogen (secondary N) is 1. The van der Waals surface area contributed by atoms with Crippen molar-refractivity contribution in [2.24, 2.45) is 11.7 Å². The van der Waals surface area contributed by atoms with E-state index in [1.807, 2.05) is 18.2 Å². The fourth-order valence-corrected chi connectivity index (χ4v) is 2.50. The van der Waals surface area contributed by atoms with Gasteiger partial charge in [0.05, 0.1) is 12.6 Å². The molecule has 0 fully saturated rings. The molecule has 0 radical (unpaired) electrons. The van der Waals surface area contributed by atoms with E-state index in [1.54, 1.807) is 7.11 Å². The maximum atomic E-state index is 5.62. The number of benzene rings is 1. The minimum absolute atomic E-state index is 0.276. The standard InChI is InChI=1S/C13H19BrN2OS/c1-8(2)12(7-17-3)16-9-4-5-10(13(15)18)11(14)6-9/h4-6,8,12,16H,7H2,1-3H3,(H2,15,18). The second kappa shape index (κ2) is 7.07. The van der Waals surface area contributed by atoms with Crippen molar-refractivity contribution < 1.29 is 4.74 Å². The average Bonchev–Trinajstić information content (AvgIpc) is 2.27. The molecule has 0 spiro atoms. The molecule has 5 heteroatoms. The second-order valence-corrected chi connectivity index (χ2v) is 5.80. The molecule has 0 aliphatic rings. The Morgan fingerprint density at radius 3 is 2.61 bits per heavy atom. The van der Waals surface area contributed by atoms with Crippen molar-refractivity contribution in [1.82, 2.24) is 0 Å². The first-order chi connectivity index (χ1) is 8.45. The molecule has 100 valence electrons. The van der Waals surface area contributed by atoms with Crippen molar-refractivity contribution in [1.29, 1.82) is 0 Å². The summed E-state index contributed by atoms with van der Waals surface area (Å²) < 4.78 is 6.12. The first kappa shape index (κ1) is 15.4. The van der Waals surface area contributed by atoms with Gasteiger partial charge in [-0.05, 0) is 40.0 Å². The quantitative estimate of drug-likeness (QED) is 0.786. The average molecular weight is 331 g/mol. The number of hydrogen-bond acceptors (Lipinski definition) is 3. The Balaban J connectivity index is 2.84. The van der Waals surface area contributed by atoms with Crippen LogP contribution in [-0.2, 0) is 4.74 Å². The lowest BCUT2D eigenvalue weighted by Gasteiger charge is -2.23. The topological polar surface area (TPSA) is 47.3 Å². The SMILES string of the molecule is COCC(Nc1ccc(C(N)=S)c(Br)c1)C(C)C. The van der Waals surface area contributed by atoms with Gasteiger partial charge in [0.1, 0.15) is 4.99 Å². The molecule has 1 aromatic rings. The Kier molecular flexibility index (Phi) is 6.05. The zero-order valence-corrected chi connectivity index (χ0v) is 13.3. The second-order valence-electron chi connectivity index (χ2n) is 4.51. The van der Waals surface area contributed by atoms with Crippen molar-refractivity contribution in [3.05, 3.63) is 28.2 Å². The van der Waals surface area contributed by atoms with Crippen molar-refractivity contribution in [3.8, 4) is 0 Å². The van der Waals surface area contributed by atoms with Gasteiger partial charge in [0.25, 0.3) is 0 Å². The third-order valence-electron chi connectivity index (χ3n) is 2.74. The van der Waals surface area contributed by atoms with Crippen LogP contribution in [0.5, 0.6) is 0 Å². The Morgan fingerprint density at radius 2 is 2.17 bits per heavy atom. The molecular formula is C13H19BrN2OS. The summed E-state index contributed by atoms with van der Waals surface area (Å²) in [7, 11) is 1.71. The zero-order chi connectivity index (χ0) is 13.7. The Morgan fingerprint density at radius 1 is 1.50 bits per heavy atom. The van der Waals surface area contributed by atoms with Crippen LogP contribution in [0.1, 0.15) is 19.4 Å². The van der Waals surface area contributed by atoms with Crippen LogP contribution in [0.4, 0.5) is 5.69 Å². The molecule has 1 aromatic carbocycles. The maximum absolute atomic E-state index is 5.62. The summed E-state index contributed by atoms with van der Waals surface area (Å²) in [6.07, 6.45) is 0. The van der Waals surface area contributed by atoms with Crippen LogP contribution in [0.2, 0.25) is 0 Å². The molecule has 0 heterocycles. The first-order valence-electron chi connectivity index (χ1n) is 5.80. The predicted molar refractivity (Wildman–Crippen MR) is 84.2 cm³/mol. The third kappa shape index (κ3) is 4.23. The zero-order valence-electron chi connectivity index (χ0n) is 10.9. The van der Waals surface area contributed by atoms with Crippen LogP contribution in [0, 0.1) is 5.92 Å². The van der Waals surface area contributed by atoms with E-state index >= 15 is 0 Å². The van der Waals surface area contributed by atoms with Gasteiger partial charge in [-0.1, -0.05) is 26.1 Å². The van der Waals surface area contributed by atoms with Gasteiger partial charge < -0.3 is 15.8 Å². The van der Waals surface area contributed by atoms with Crippen LogP contribution in [0.25, 0.3) is 0 Å². The third-order valence-corrected chi connectivity index (χ3v) is 3.61. The number of methoxy groups -OCH3 is 1. The summed E-state index contributed by atoms with van der Waals surface area (Å²) in [5, 5.41) is 3.45. The summed E-state index contributed by atoms with van der Waals surface area (Å²) >= 11 is 8.45. The molecule has 0 amide bonds. The van der Waals surface area contributed by atoms with Crippen LogP contribution in [0.15, 0.2) is 22.7 Å². The fraction of sp³-hybridized carbons (Fsp3) is 0.462. The molecule has 3 N–H and O–H groups in total. The molecule has 0 aromatic heterocycles. The summed E-state index contributed by atoms with van der Waals surface area (Å²) in [5.41, 5.74) is 7.50. The molecule has 0 aliphatic heterocycles. The first-order valence-corrected chi connectivity index (χ1v) is 7.00. The van der Waals surface area contributed by atoms with E-state index in [-0.39, 0.29) is 6.04 Å². The Labute approximate surface area is 122 Å². The smallest absolute Gasteiger partial charge is 0.105 e. The summed E-state index contributed by atoms with van der Waals surface area (Å²) in [6, 6.07) is 6.15. The van der Waals surface area contributed by atoms with Crippen molar-refractivity contribution >= 4 is 38.8 Å². The van der Waals surface area contributed by atoms with E-state index in [2.05, 4.69) is 35.1 Å². The highest BCUT2D eigenvalue weighted by Crippen LogP contribution is 2.23. The minimum Gasteiger partial charge on any atom is -0.389 e. The predicted octanol–water partition coefficient (Wildman–Crippen LogP) is 3.17. The fourth-order valence-electron chi connectivity index (χ4n) is 1.60. The summed E-state index contributed by atoms with van der Waals surface area (Å²) in [5.74, 6) is 0.485. The van der Waals surface area contributed by atoms with Crippen molar-refractivity contribution in [2.75, 3.05) is 19.0 Å². The van der Waals surface area contributed by atoms with Gasteiger partial charge in [-0.2, -0.15) is 0 Å². The molecule has 0 saturated heterocycles. The highest BCUT2D eigenvalue weighted by atomic mass is 79.9. The molecule has 1 atom stereocenters. The molecule has 1 rings (SSSR count). The van der Waals surface area contributed by atoms with E-state index in [4.69, 9.17) is 22.7 Å².